The van der Waals surface area contributed by atoms with Crippen molar-refractivity contribution in [3.05, 3.63) is 58.9 Å². The molecule has 0 bridgehead atoms. The number of nitrogens with zero attached hydrogens (tertiary/aromatic N) is 1. The Kier molecular flexibility index (Phi) is 5.14. The van der Waals surface area contributed by atoms with E-state index in [1.165, 1.54) is 12.3 Å². The normalized spacial score (nSPS) is 11.8. The molecule has 0 aliphatic heterocycles. The smallest absolute Gasteiger partial charge is 0.251 e. The standard InChI is InChI=1S/C15H15ClN2O3/c1-21-12-4-2-10(3-5-12)13(19)9-18-15(20)11-6-7-17-14(16)8-11/h2-8,13,19H,9H2,1H3,(H,18,20). The lowest BCUT2D eigenvalue weighted by atomic mass is 10.1. The fourth-order valence-electron chi connectivity index (χ4n) is 1.78. The molecule has 5 nitrogen and oxygen atoms in total. The summed E-state index contributed by atoms with van der Waals surface area (Å²) in [5, 5.41) is 12.9. The van der Waals surface area contributed by atoms with E-state index in [-0.39, 0.29) is 17.6 Å². The topological polar surface area (TPSA) is 71.5 Å². The van der Waals surface area contributed by atoms with Gasteiger partial charge >= 0.3 is 0 Å². The number of hydrogen-bond acceptors (Lipinski definition) is 4. The summed E-state index contributed by atoms with van der Waals surface area (Å²) in [7, 11) is 1.57. The van der Waals surface area contributed by atoms with E-state index in [4.69, 9.17) is 16.3 Å². The third-order valence-corrected chi connectivity index (χ3v) is 3.15. The van der Waals surface area contributed by atoms with Gasteiger partial charge in [-0.05, 0) is 29.8 Å². The van der Waals surface area contributed by atoms with E-state index in [0.717, 1.165) is 0 Å². The van der Waals surface area contributed by atoms with Crippen molar-refractivity contribution in [1.82, 2.24) is 10.3 Å². The Morgan fingerprint density at radius 3 is 2.71 bits per heavy atom. The quantitative estimate of drug-likeness (QED) is 0.831. The average molecular weight is 307 g/mol. The van der Waals surface area contributed by atoms with Crippen molar-refractivity contribution >= 4 is 17.5 Å². The maximum Gasteiger partial charge on any atom is 0.251 e. The SMILES string of the molecule is COc1ccc(C(O)CNC(=O)c2ccnc(Cl)c2)cc1. The van der Waals surface area contributed by atoms with Crippen LogP contribution in [-0.4, -0.2) is 29.7 Å². The number of amides is 1. The number of aromatic nitrogens is 1. The van der Waals surface area contributed by atoms with Crippen LogP contribution in [0.15, 0.2) is 42.6 Å². The van der Waals surface area contributed by atoms with Gasteiger partial charge in [-0.1, -0.05) is 23.7 Å². The minimum Gasteiger partial charge on any atom is -0.497 e. The van der Waals surface area contributed by atoms with Crippen LogP contribution in [-0.2, 0) is 0 Å². The maximum absolute atomic E-state index is 11.9. The fraction of sp³-hybridized carbons (Fsp3) is 0.200. The van der Waals surface area contributed by atoms with Gasteiger partial charge in [-0.25, -0.2) is 4.98 Å². The summed E-state index contributed by atoms with van der Waals surface area (Å²) in [6.45, 7) is 0.102. The van der Waals surface area contributed by atoms with E-state index in [9.17, 15) is 9.90 Å². The largest absolute Gasteiger partial charge is 0.497 e. The van der Waals surface area contributed by atoms with Gasteiger partial charge in [0.05, 0.1) is 13.2 Å². The molecule has 1 aromatic carbocycles. The van der Waals surface area contributed by atoms with E-state index in [1.807, 2.05) is 0 Å². The van der Waals surface area contributed by atoms with Crippen LogP contribution in [0.3, 0.4) is 0 Å². The molecule has 0 saturated carbocycles. The maximum atomic E-state index is 11.9. The van der Waals surface area contributed by atoms with Crippen LogP contribution in [0.4, 0.5) is 0 Å². The Hall–Kier alpha value is -2.11. The number of aliphatic hydroxyl groups is 1. The first-order valence-electron chi connectivity index (χ1n) is 6.32. The molecule has 1 heterocycles. The van der Waals surface area contributed by atoms with Crippen LogP contribution in [0.25, 0.3) is 0 Å². The van der Waals surface area contributed by atoms with Crippen molar-refractivity contribution in [2.75, 3.05) is 13.7 Å². The van der Waals surface area contributed by atoms with E-state index in [2.05, 4.69) is 10.3 Å². The summed E-state index contributed by atoms with van der Waals surface area (Å²) in [5.74, 6) is 0.397. The number of hydrogen-bond donors (Lipinski definition) is 2. The first-order valence-corrected chi connectivity index (χ1v) is 6.69. The van der Waals surface area contributed by atoms with Crippen molar-refractivity contribution in [1.29, 1.82) is 0 Å². The zero-order valence-electron chi connectivity index (χ0n) is 11.4. The molecular formula is C15H15ClN2O3. The van der Waals surface area contributed by atoms with Crippen LogP contribution in [0.1, 0.15) is 22.0 Å². The number of carbonyl (C=O) groups excluding carboxylic acids is 1. The van der Waals surface area contributed by atoms with Gasteiger partial charge in [-0.2, -0.15) is 0 Å². The molecule has 0 radical (unpaired) electrons. The van der Waals surface area contributed by atoms with Gasteiger partial charge in [0.25, 0.3) is 5.91 Å². The number of ether oxygens (including phenoxy) is 1. The highest BCUT2D eigenvalue weighted by molar-refractivity contribution is 6.29. The van der Waals surface area contributed by atoms with E-state index < -0.39 is 6.10 Å². The number of nitrogens with one attached hydrogen (secondary N) is 1. The molecule has 1 atom stereocenters. The van der Waals surface area contributed by atoms with Crippen molar-refractivity contribution in [3.63, 3.8) is 0 Å². The average Bonchev–Trinajstić information content (AvgIpc) is 2.52. The molecule has 0 aliphatic carbocycles. The zero-order valence-corrected chi connectivity index (χ0v) is 12.2. The second kappa shape index (κ2) is 7.06. The van der Waals surface area contributed by atoms with Gasteiger partial charge in [0.15, 0.2) is 0 Å². The fourth-order valence-corrected chi connectivity index (χ4v) is 1.95. The van der Waals surface area contributed by atoms with Crippen LogP contribution in [0.5, 0.6) is 5.75 Å². The lowest BCUT2D eigenvalue weighted by Crippen LogP contribution is -2.28. The van der Waals surface area contributed by atoms with Crippen LogP contribution in [0, 0.1) is 0 Å². The lowest BCUT2D eigenvalue weighted by Gasteiger charge is -2.13. The van der Waals surface area contributed by atoms with E-state index in [1.54, 1.807) is 37.4 Å². The summed E-state index contributed by atoms with van der Waals surface area (Å²) < 4.78 is 5.05. The molecule has 0 fully saturated rings. The van der Waals surface area contributed by atoms with Gasteiger partial charge in [-0.15, -0.1) is 0 Å². The van der Waals surface area contributed by atoms with Crippen molar-refractivity contribution in [3.8, 4) is 5.75 Å². The molecule has 2 rings (SSSR count). The van der Waals surface area contributed by atoms with Gasteiger partial charge in [0.1, 0.15) is 10.9 Å². The number of methoxy groups -OCH3 is 1. The predicted octanol–water partition coefficient (Wildman–Crippen LogP) is 2.21. The number of halogens is 1. The number of aliphatic hydroxyl groups excluding tert-OH is 1. The molecule has 1 unspecified atom stereocenters. The van der Waals surface area contributed by atoms with Gasteiger partial charge in [0, 0.05) is 18.3 Å². The third kappa shape index (κ3) is 4.18. The number of carbonyl (C=O) groups is 1. The molecule has 0 spiro atoms. The van der Waals surface area contributed by atoms with Crippen molar-refractivity contribution in [2.45, 2.75) is 6.10 Å². The van der Waals surface area contributed by atoms with Crippen LogP contribution < -0.4 is 10.1 Å². The number of pyridine rings is 1. The lowest BCUT2D eigenvalue weighted by molar-refractivity contribution is 0.0916. The number of rotatable bonds is 5. The zero-order chi connectivity index (χ0) is 15.2. The molecular weight excluding hydrogens is 292 g/mol. The molecule has 0 aliphatic rings. The summed E-state index contributed by atoms with van der Waals surface area (Å²) in [6.07, 6.45) is 0.661. The molecule has 6 heteroatoms. The molecule has 1 amide bonds. The Bertz CT molecular complexity index is 617. The Morgan fingerprint density at radius 1 is 1.38 bits per heavy atom. The monoisotopic (exact) mass is 306 g/mol. The second-order valence-corrected chi connectivity index (χ2v) is 4.75. The Balaban J connectivity index is 1.93. The summed E-state index contributed by atoms with van der Waals surface area (Å²) in [4.78, 5) is 15.7. The first kappa shape index (κ1) is 15.3. The molecule has 2 N–H and O–H groups in total. The van der Waals surface area contributed by atoms with E-state index in [0.29, 0.717) is 16.9 Å². The third-order valence-electron chi connectivity index (χ3n) is 2.95. The molecule has 2 aromatic rings. The second-order valence-electron chi connectivity index (χ2n) is 4.37. The summed E-state index contributed by atoms with van der Waals surface area (Å²) in [5.41, 5.74) is 1.10. The Labute approximate surface area is 127 Å². The van der Waals surface area contributed by atoms with Crippen LogP contribution in [0.2, 0.25) is 5.15 Å². The van der Waals surface area contributed by atoms with Gasteiger partial charge in [0.2, 0.25) is 0 Å². The summed E-state index contributed by atoms with van der Waals surface area (Å²) >= 11 is 5.72. The summed E-state index contributed by atoms with van der Waals surface area (Å²) in [6, 6.07) is 10.0. The van der Waals surface area contributed by atoms with Gasteiger partial charge in [-0.3, -0.25) is 4.79 Å². The minimum atomic E-state index is -0.794. The highest BCUT2D eigenvalue weighted by Crippen LogP contribution is 2.17. The molecule has 110 valence electrons. The molecule has 0 saturated heterocycles. The molecule has 1 aromatic heterocycles. The van der Waals surface area contributed by atoms with E-state index >= 15 is 0 Å². The van der Waals surface area contributed by atoms with Gasteiger partial charge < -0.3 is 15.2 Å². The number of benzene rings is 1. The highest BCUT2D eigenvalue weighted by Gasteiger charge is 2.11. The minimum absolute atomic E-state index is 0.102. The van der Waals surface area contributed by atoms with Crippen molar-refractivity contribution < 1.29 is 14.6 Å². The van der Waals surface area contributed by atoms with Crippen molar-refractivity contribution in [2.24, 2.45) is 0 Å². The first-order chi connectivity index (χ1) is 10.1. The predicted molar refractivity (Wildman–Crippen MR) is 79.5 cm³/mol. The van der Waals surface area contributed by atoms with Crippen LogP contribution >= 0.6 is 11.6 Å². The Morgan fingerprint density at radius 2 is 2.10 bits per heavy atom. The molecule has 21 heavy (non-hydrogen) atoms. The highest BCUT2D eigenvalue weighted by atomic mass is 35.5.